The second-order valence-electron chi connectivity index (χ2n) is 6.05. The first-order valence-electron chi connectivity index (χ1n) is 7.94. The van der Waals surface area contributed by atoms with Gasteiger partial charge in [-0.05, 0) is 31.2 Å². The molecule has 1 N–H and O–H groups in total. The van der Waals surface area contributed by atoms with Crippen molar-refractivity contribution in [2.45, 2.75) is 63.5 Å². The summed E-state index contributed by atoms with van der Waals surface area (Å²) in [5, 5.41) is 10.2. The monoisotopic (exact) mass is 275 g/mol. The molecule has 1 saturated carbocycles. The van der Waals surface area contributed by atoms with Crippen molar-refractivity contribution in [2.75, 3.05) is 6.54 Å². The fourth-order valence-electron chi connectivity index (χ4n) is 3.56. The van der Waals surface area contributed by atoms with Crippen molar-refractivity contribution in [2.24, 2.45) is 0 Å². The lowest BCUT2D eigenvalue weighted by molar-refractivity contribution is -0.0938. The van der Waals surface area contributed by atoms with Crippen molar-refractivity contribution in [1.82, 2.24) is 4.90 Å². The Labute approximate surface area is 121 Å². The summed E-state index contributed by atoms with van der Waals surface area (Å²) in [6, 6.07) is 10.7. The molecule has 0 radical (unpaired) electrons. The minimum Gasteiger partial charge on any atom is -0.391 e. The van der Waals surface area contributed by atoms with Crippen LogP contribution in [-0.4, -0.2) is 34.9 Å². The van der Waals surface area contributed by atoms with E-state index in [0.29, 0.717) is 12.6 Å². The van der Waals surface area contributed by atoms with Gasteiger partial charge in [0.25, 0.3) is 0 Å². The molecule has 0 spiro atoms. The van der Waals surface area contributed by atoms with E-state index in [-0.39, 0.29) is 12.3 Å². The minimum atomic E-state index is -0.162. The van der Waals surface area contributed by atoms with E-state index in [4.69, 9.17) is 4.74 Å². The summed E-state index contributed by atoms with van der Waals surface area (Å²) in [4.78, 5) is 2.41. The second-order valence-corrected chi connectivity index (χ2v) is 6.05. The summed E-state index contributed by atoms with van der Waals surface area (Å²) in [6.45, 7) is 1.74. The van der Waals surface area contributed by atoms with Gasteiger partial charge in [-0.2, -0.15) is 0 Å². The Balaban J connectivity index is 1.58. The van der Waals surface area contributed by atoms with Gasteiger partial charge in [-0.1, -0.05) is 43.2 Å². The van der Waals surface area contributed by atoms with Crippen molar-refractivity contribution in [3.8, 4) is 0 Å². The Bertz CT molecular complexity index is 409. The molecule has 3 rings (SSSR count). The van der Waals surface area contributed by atoms with Gasteiger partial charge in [-0.3, -0.25) is 4.90 Å². The quantitative estimate of drug-likeness (QED) is 0.917. The number of hydrogen-bond acceptors (Lipinski definition) is 3. The first kappa shape index (κ1) is 14.1. The first-order valence-corrected chi connectivity index (χ1v) is 7.94. The average Bonchev–Trinajstić information content (AvgIpc) is 2.95. The zero-order chi connectivity index (χ0) is 13.8. The molecular weight excluding hydrogens is 250 g/mol. The molecule has 3 heteroatoms. The summed E-state index contributed by atoms with van der Waals surface area (Å²) >= 11 is 0. The number of aliphatic hydroxyl groups excluding tert-OH is 1. The third kappa shape index (κ3) is 3.22. The molecule has 0 amide bonds. The van der Waals surface area contributed by atoms with Crippen LogP contribution in [0.2, 0.25) is 0 Å². The van der Waals surface area contributed by atoms with Crippen molar-refractivity contribution in [3.63, 3.8) is 0 Å². The molecule has 20 heavy (non-hydrogen) atoms. The van der Waals surface area contributed by atoms with Crippen LogP contribution in [0, 0.1) is 0 Å². The Morgan fingerprint density at radius 3 is 2.65 bits per heavy atom. The highest BCUT2D eigenvalue weighted by atomic mass is 16.5. The van der Waals surface area contributed by atoms with Crippen LogP contribution >= 0.6 is 0 Å². The SMILES string of the molecule is O[C@H]1CCCC[C@@H]1N1CCC[C@H]1OCc1ccccc1. The van der Waals surface area contributed by atoms with Crippen LogP contribution in [0.3, 0.4) is 0 Å². The fraction of sp³-hybridized carbons (Fsp3) is 0.647. The zero-order valence-corrected chi connectivity index (χ0v) is 12.1. The van der Waals surface area contributed by atoms with Crippen LogP contribution < -0.4 is 0 Å². The summed E-state index contributed by atoms with van der Waals surface area (Å²) in [6.07, 6.45) is 6.78. The highest BCUT2D eigenvalue weighted by molar-refractivity contribution is 5.13. The topological polar surface area (TPSA) is 32.7 Å². The molecule has 0 aromatic heterocycles. The van der Waals surface area contributed by atoms with Crippen LogP contribution in [-0.2, 0) is 11.3 Å². The summed E-state index contributed by atoms with van der Waals surface area (Å²) in [5.74, 6) is 0. The number of rotatable bonds is 4. The molecule has 0 unspecified atom stereocenters. The molecule has 3 atom stereocenters. The predicted octanol–water partition coefficient (Wildman–Crippen LogP) is 2.93. The van der Waals surface area contributed by atoms with Crippen molar-refractivity contribution in [3.05, 3.63) is 35.9 Å². The van der Waals surface area contributed by atoms with Gasteiger partial charge in [-0.15, -0.1) is 0 Å². The third-order valence-electron chi connectivity index (χ3n) is 4.64. The molecule has 0 bridgehead atoms. The van der Waals surface area contributed by atoms with Crippen molar-refractivity contribution in [1.29, 1.82) is 0 Å². The molecule has 1 aromatic rings. The van der Waals surface area contributed by atoms with Crippen LogP contribution in [0.15, 0.2) is 30.3 Å². The Hall–Kier alpha value is -0.900. The molecule has 1 aliphatic heterocycles. The first-order chi connectivity index (χ1) is 9.84. The highest BCUT2D eigenvalue weighted by Gasteiger charge is 2.36. The van der Waals surface area contributed by atoms with Crippen LogP contribution in [0.1, 0.15) is 44.1 Å². The van der Waals surface area contributed by atoms with Gasteiger partial charge in [0.2, 0.25) is 0 Å². The molecule has 1 aromatic carbocycles. The van der Waals surface area contributed by atoms with E-state index in [1.807, 2.05) is 6.07 Å². The van der Waals surface area contributed by atoms with E-state index in [0.717, 1.165) is 25.8 Å². The largest absolute Gasteiger partial charge is 0.391 e. The molecule has 2 aliphatic rings. The summed E-state index contributed by atoms with van der Waals surface area (Å²) < 4.78 is 6.12. The van der Waals surface area contributed by atoms with Crippen LogP contribution in [0.4, 0.5) is 0 Å². The van der Waals surface area contributed by atoms with Gasteiger partial charge in [0, 0.05) is 12.6 Å². The minimum absolute atomic E-state index is 0.162. The van der Waals surface area contributed by atoms with Crippen molar-refractivity contribution >= 4 is 0 Å². The average molecular weight is 275 g/mol. The van der Waals surface area contributed by atoms with Crippen LogP contribution in [0.5, 0.6) is 0 Å². The predicted molar refractivity (Wildman–Crippen MR) is 79.2 cm³/mol. The molecule has 1 saturated heterocycles. The number of hydrogen-bond donors (Lipinski definition) is 1. The van der Waals surface area contributed by atoms with Gasteiger partial charge < -0.3 is 9.84 Å². The molecular formula is C17H25NO2. The number of benzene rings is 1. The smallest absolute Gasteiger partial charge is 0.111 e. The Morgan fingerprint density at radius 2 is 1.85 bits per heavy atom. The molecule has 2 fully saturated rings. The summed E-state index contributed by atoms with van der Waals surface area (Å²) in [5.41, 5.74) is 1.23. The van der Waals surface area contributed by atoms with Gasteiger partial charge >= 0.3 is 0 Å². The van der Waals surface area contributed by atoms with Crippen LogP contribution in [0.25, 0.3) is 0 Å². The van der Waals surface area contributed by atoms with Gasteiger partial charge in [-0.25, -0.2) is 0 Å². The van der Waals surface area contributed by atoms with Gasteiger partial charge in [0.15, 0.2) is 0 Å². The van der Waals surface area contributed by atoms with Gasteiger partial charge in [0.1, 0.15) is 6.23 Å². The second kappa shape index (κ2) is 6.70. The fourth-order valence-corrected chi connectivity index (χ4v) is 3.56. The summed E-state index contributed by atoms with van der Waals surface area (Å²) in [7, 11) is 0. The highest BCUT2D eigenvalue weighted by Crippen LogP contribution is 2.30. The van der Waals surface area contributed by atoms with E-state index < -0.39 is 0 Å². The molecule has 110 valence electrons. The van der Waals surface area contributed by atoms with Crippen molar-refractivity contribution < 1.29 is 9.84 Å². The number of ether oxygens (including phenoxy) is 1. The van der Waals surface area contributed by atoms with Gasteiger partial charge in [0.05, 0.1) is 12.7 Å². The maximum absolute atomic E-state index is 10.2. The number of likely N-dealkylation sites (tertiary alicyclic amines) is 1. The van der Waals surface area contributed by atoms with E-state index in [1.54, 1.807) is 0 Å². The molecule has 1 heterocycles. The number of aliphatic hydroxyl groups is 1. The van der Waals surface area contributed by atoms with E-state index in [1.165, 1.54) is 24.8 Å². The maximum Gasteiger partial charge on any atom is 0.111 e. The van der Waals surface area contributed by atoms with E-state index >= 15 is 0 Å². The maximum atomic E-state index is 10.2. The number of nitrogens with zero attached hydrogens (tertiary/aromatic N) is 1. The Morgan fingerprint density at radius 1 is 1.05 bits per heavy atom. The lowest BCUT2D eigenvalue weighted by atomic mass is 9.91. The van der Waals surface area contributed by atoms with E-state index in [2.05, 4.69) is 29.2 Å². The molecule has 1 aliphatic carbocycles. The zero-order valence-electron chi connectivity index (χ0n) is 12.1. The standard InChI is InChI=1S/C17H25NO2/c19-16-10-5-4-9-15(16)18-12-6-11-17(18)20-13-14-7-2-1-3-8-14/h1-3,7-8,15-17,19H,4-6,9-13H2/t15-,16-,17+/m0/s1. The third-order valence-corrected chi connectivity index (χ3v) is 4.64. The lowest BCUT2D eigenvalue weighted by Gasteiger charge is -2.38. The van der Waals surface area contributed by atoms with E-state index in [9.17, 15) is 5.11 Å². The lowest BCUT2D eigenvalue weighted by Crippen LogP contribution is -2.48. The molecule has 3 nitrogen and oxygen atoms in total. The Kier molecular flexibility index (Phi) is 4.71. The normalized spacial score (nSPS) is 31.6.